The Kier molecular flexibility index (Phi) is 5.96. The lowest BCUT2D eigenvalue weighted by Crippen LogP contribution is -2.23. The van der Waals surface area contributed by atoms with E-state index in [0.717, 1.165) is 5.56 Å². The van der Waals surface area contributed by atoms with Crippen LogP contribution in [0.3, 0.4) is 0 Å². The Morgan fingerprint density at radius 1 is 1.50 bits per heavy atom. The van der Waals surface area contributed by atoms with E-state index in [1.165, 1.54) is 0 Å². The van der Waals surface area contributed by atoms with Crippen LogP contribution in [0.2, 0.25) is 0 Å². The first-order valence-electron chi connectivity index (χ1n) is 5.56. The molecule has 1 rings (SSSR count). The van der Waals surface area contributed by atoms with Gasteiger partial charge >= 0.3 is 0 Å². The fraction of sp³-hybridized carbons (Fsp3) is 0.417. The molecule has 1 aromatic carbocycles. The van der Waals surface area contributed by atoms with Crippen molar-refractivity contribution in [3.05, 3.63) is 23.8 Å². The normalized spacial score (nSPS) is 10.3. The molecule has 0 saturated carbocycles. The van der Waals surface area contributed by atoms with E-state index in [2.05, 4.69) is 5.32 Å². The van der Waals surface area contributed by atoms with Crippen molar-refractivity contribution in [1.82, 2.24) is 5.32 Å². The van der Waals surface area contributed by atoms with Crippen LogP contribution in [0.4, 0.5) is 0 Å². The molecule has 0 saturated heterocycles. The van der Waals surface area contributed by atoms with E-state index in [1.807, 2.05) is 0 Å². The lowest BCUT2D eigenvalue weighted by atomic mass is 10.2. The lowest BCUT2D eigenvalue weighted by molar-refractivity contribution is -0.122. The van der Waals surface area contributed by atoms with Crippen LogP contribution in [0.1, 0.15) is 5.56 Å². The maximum atomic E-state index is 10.4. The number of phenols is 1. The predicted octanol–water partition coefficient (Wildman–Crippen LogP) is -0.00770. The molecular weight excluding hydrogens is 236 g/mol. The second kappa shape index (κ2) is 7.52. The topological polar surface area (TPSA) is 93.8 Å². The van der Waals surface area contributed by atoms with Crippen molar-refractivity contribution in [2.45, 2.75) is 6.54 Å². The van der Waals surface area contributed by atoms with Crippen LogP contribution in [0.25, 0.3) is 0 Å². The molecule has 6 nitrogen and oxygen atoms in total. The minimum atomic E-state index is -0.484. The molecule has 0 spiro atoms. The van der Waals surface area contributed by atoms with Crippen LogP contribution in [-0.4, -0.2) is 37.9 Å². The Morgan fingerprint density at radius 3 is 2.89 bits per heavy atom. The third kappa shape index (κ3) is 5.03. The van der Waals surface area contributed by atoms with Gasteiger partial charge in [0.05, 0.1) is 13.7 Å². The van der Waals surface area contributed by atoms with Crippen molar-refractivity contribution >= 4 is 5.91 Å². The monoisotopic (exact) mass is 254 g/mol. The largest absolute Gasteiger partial charge is 0.507 e. The molecule has 0 fully saturated rings. The van der Waals surface area contributed by atoms with Crippen molar-refractivity contribution in [3.8, 4) is 11.5 Å². The first-order chi connectivity index (χ1) is 8.63. The second-order valence-electron chi connectivity index (χ2n) is 3.69. The molecule has 0 bridgehead atoms. The number of nitrogens with one attached hydrogen (secondary N) is 1. The minimum absolute atomic E-state index is 0.0739. The zero-order chi connectivity index (χ0) is 13.4. The molecule has 0 aromatic heterocycles. The molecule has 0 aliphatic heterocycles. The molecule has 18 heavy (non-hydrogen) atoms. The molecule has 0 radical (unpaired) electrons. The first-order valence-corrected chi connectivity index (χ1v) is 5.56. The third-order valence-electron chi connectivity index (χ3n) is 2.28. The van der Waals surface area contributed by atoms with E-state index in [0.29, 0.717) is 25.4 Å². The maximum Gasteiger partial charge on any atom is 0.243 e. The Hall–Kier alpha value is -1.79. The molecule has 100 valence electrons. The highest BCUT2D eigenvalue weighted by atomic mass is 16.5. The standard InChI is InChI=1S/C12H18N2O4/c1-17-10-3-2-9(11(15)6-10)7-14-4-5-18-8-12(13)16/h2-3,6,14-15H,4-5,7-8H2,1H3,(H2,13,16). The summed E-state index contributed by atoms with van der Waals surface area (Å²) in [7, 11) is 1.54. The van der Waals surface area contributed by atoms with E-state index in [4.69, 9.17) is 15.2 Å². The molecule has 0 heterocycles. The summed E-state index contributed by atoms with van der Waals surface area (Å²) >= 11 is 0. The van der Waals surface area contributed by atoms with Gasteiger partial charge in [-0.3, -0.25) is 4.79 Å². The molecule has 6 heteroatoms. The van der Waals surface area contributed by atoms with Gasteiger partial charge in [0.15, 0.2) is 0 Å². The van der Waals surface area contributed by atoms with Gasteiger partial charge in [-0.05, 0) is 6.07 Å². The highest BCUT2D eigenvalue weighted by Crippen LogP contribution is 2.22. The zero-order valence-corrected chi connectivity index (χ0v) is 10.3. The maximum absolute atomic E-state index is 10.4. The van der Waals surface area contributed by atoms with Crippen LogP contribution >= 0.6 is 0 Å². The summed E-state index contributed by atoms with van der Waals surface area (Å²) in [5.74, 6) is 0.309. The molecule has 4 N–H and O–H groups in total. The van der Waals surface area contributed by atoms with E-state index >= 15 is 0 Å². The molecule has 0 aliphatic rings. The van der Waals surface area contributed by atoms with Gasteiger partial charge in [-0.15, -0.1) is 0 Å². The second-order valence-corrected chi connectivity index (χ2v) is 3.69. The summed E-state index contributed by atoms with van der Waals surface area (Å²) in [6.45, 7) is 1.39. The average Bonchev–Trinajstić information content (AvgIpc) is 2.34. The van der Waals surface area contributed by atoms with Gasteiger partial charge < -0.3 is 25.6 Å². The van der Waals surface area contributed by atoms with Crippen LogP contribution < -0.4 is 15.8 Å². The summed E-state index contributed by atoms with van der Waals surface area (Å²) in [5.41, 5.74) is 5.69. The van der Waals surface area contributed by atoms with Gasteiger partial charge in [-0.1, -0.05) is 6.07 Å². The number of ether oxygens (including phenoxy) is 2. The summed E-state index contributed by atoms with van der Waals surface area (Å²) in [5, 5.41) is 12.8. The van der Waals surface area contributed by atoms with Crippen molar-refractivity contribution in [2.24, 2.45) is 5.73 Å². The van der Waals surface area contributed by atoms with Gasteiger partial charge in [0.1, 0.15) is 18.1 Å². The summed E-state index contributed by atoms with van der Waals surface area (Å²) < 4.78 is 9.97. The Morgan fingerprint density at radius 2 is 2.28 bits per heavy atom. The van der Waals surface area contributed by atoms with Gasteiger partial charge in [0, 0.05) is 24.7 Å². The van der Waals surface area contributed by atoms with Crippen LogP contribution in [-0.2, 0) is 16.1 Å². The SMILES string of the molecule is COc1ccc(CNCCOCC(N)=O)c(O)c1. The summed E-state index contributed by atoms with van der Waals surface area (Å²) in [6.07, 6.45) is 0. The van der Waals surface area contributed by atoms with E-state index in [1.54, 1.807) is 25.3 Å². The number of hydrogen-bond acceptors (Lipinski definition) is 5. The molecule has 0 unspecified atom stereocenters. The number of nitrogens with two attached hydrogens (primary N) is 1. The highest BCUT2D eigenvalue weighted by molar-refractivity contribution is 5.74. The molecule has 1 amide bonds. The van der Waals surface area contributed by atoms with Crippen molar-refractivity contribution < 1.29 is 19.4 Å². The highest BCUT2D eigenvalue weighted by Gasteiger charge is 2.02. The predicted molar refractivity (Wildman–Crippen MR) is 66.4 cm³/mol. The van der Waals surface area contributed by atoms with Gasteiger partial charge in [-0.2, -0.15) is 0 Å². The summed E-state index contributed by atoms with van der Waals surface area (Å²) in [4.78, 5) is 10.4. The number of primary amides is 1. The first kappa shape index (κ1) is 14.3. The smallest absolute Gasteiger partial charge is 0.243 e. The number of carbonyl (C=O) groups excluding carboxylic acids is 1. The quantitative estimate of drug-likeness (QED) is 0.567. The lowest BCUT2D eigenvalue weighted by Gasteiger charge is -2.08. The van der Waals surface area contributed by atoms with E-state index < -0.39 is 5.91 Å². The minimum Gasteiger partial charge on any atom is -0.507 e. The Labute approximate surface area is 106 Å². The van der Waals surface area contributed by atoms with Gasteiger partial charge in [0.2, 0.25) is 5.91 Å². The number of hydrogen-bond donors (Lipinski definition) is 3. The molecule has 0 atom stereocenters. The number of carbonyl (C=O) groups is 1. The number of aromatic hydroxyl groups is 1. The third-order valence-corrected chi connectivity index (χ3v) is 2.28. The molecular formula is C12H18N2O4. The van der Waals surface area contributed by atoms with Gasteiger partial charge in [0.25, 0.3) is 0 Å². The fourth-order valence-corrected chi connectivity index (χ4v) is 1.36. The van der Waals surface area contributed by atoms with Crippen molar-refractivity contribution in [2.75, 3.05) is 26.9 Å². The van der Waals surface area contributed by atoms with Crippen molar-refractivity contribution in [3.63, 3.8) is 0 Å². The Balaban J connectivity index is 2.25. The number of benzene rings is 1. The number of amides is 1. The van der Waals surface area contributed by atoms with E-state index in [-0.39, 0.29) is 12.4 Å². The van der Waals surface area contributed by atoms with Crippen molar-refractivity contribution in [1.29, 1.82) is 0 Å². The van der Waals surface area contributed by atoms with Crippen LogP contribution in [0.15, 0.2) is 18.2 Å². The van der Waals surface area contributed by atoms with E-state index in [9.17, 15) is 9.90 Å². The van der Waals surface area contributed by atoms with Crippen LogP contribution in [0.5, 0.6) is 11.5 Å². The van der Waals surface area contributed by atoms with Crippen LogP contribution in [0, 0.1) is 0 Å². The average molecular weight is 254 g/mol. The Bertz CT molecular complexity index is 396. The number of rotatable bonds is 8. The van der Waals surface area contributed by atoms with Gasteiger partial charge in [-0.25, -0.2) is 0 Å². The molecule has 0 aliphatic carbocycles. The number of methoxy groups -OCH3 is 1. The number of phenolic OH excluding ortho intramolecular Hbond substituents is 1. The summed E-state index contributed by atoms with van der Waals surface area (Å²) in [6, 6.07) is 5.12. The zero-order valence-electron chi connectivity index (χ0n) is 10.3. The fourth-order valence-electron chi connectivity index (χ4n) is 1.36. The molecule has 1 aromatic rings.